The average Bonchev–Trinajstić information content (AvgIpc) is 3.06. The molecule has 0 atom stereocenters. The normalized spacial score (nSPS) is 11.9. The molecule has 1 aromatic heterocycles. The van der Waals surface area contributed by atoms with Gasteiger partial charge in [-0.15, -0.1) is 0 Å². The molecule has 1 heterocycles. The molecule has 0 spiro atoms. The fourth-order valence-electron chi connectivity index (χ4n) is 3.05. The SMILES string of the molecule is Cc1cc(C)c2nc(N(CCN(C)C)C(=O)CS(=O)(=O)c3ccccc3)sc2c1. The molecule has 3 aromatic rings. The van der Waals surface area contributed by atoms with Crippen molar-refractivity contribution in [2.24, 2.45) is 0 Å². The molecule has 0 aliphatic carbocycles. The lowest BCUT2D eigenvalue weighted by atomic mass is 10.1. The molecular formula is C21H25N3O3S2. The van der Waals surface area contributed by atoms with E-state index >= 15 is 0 Å². The molecule has 0 fully saturated rings. The Labute approximate surface area is 175 Å². The molecule has 29 heavy (non-hydrogen) atoms. The van der Waals surface area contributed by atoms with Gasteiger partial charge >= 0.3 is 0 Å². The smallest absolute Gasteiger partial charge is 0.244 e. The van der Waals surface area contributed by atoms with Crippen LogP contribution in [0.2, 0.25) is 0 Å². The van der Waals surface area contributed by atoms with E-state index in [-0.39, 0.29) is 4.90 Å². The summed E-state index contributed by atoms with van der Waals surface area (Å²) in [4.78, 5) is 21.3. The lowest BCUT2D eigenvalue weighted by Crippen LogP contribution is -2.40. The van der Waals surface area contributed by atoms with E-state index in [1.165, 1.54) is 28.4 Å². The molecule has 0 bridgehead atoms. The molecule has 0 saturated carbocycles. The van der Waals surface area contributed by atoms with Gasteiger partial charge in [0.15, 0.2) is 15.0 Å². The Morgan fingerprint density at radius 2 is 1.76 bits per heavy atom. The number of thiazole rings is 1. The largest absolute Gasteiger partial charge is 0.308 e. The Hall–Kier alpha value is -2.29. The zero-order valence-electron chi connectivity index (χ0n) is 17.0. The molecule has 1 amide bonds. The third kappa shape index (κ3) is 5.01. The maximum atomic E-state index is 13.1. The Morgan fingerprint density at radius 1 is 1.07 bits per heavy atom. The number of hydrogen-bond donors (Lipinski definition) is 0. The summed E-state index contributed by atoms with van der Waals surface area (Å²) in [5.41, 5.74) is 3.02. The molecule has 0 saturated heterocycles. The second-order valence-corrected chi connectivity index (χ2v) is 10.3. The van der Waals surface area contributed by atoms with Crippen LogP contribution in [0.1, 0.15) is 11.1 Å². The van der Waals surface area contributed by atoms with E-state index < -0.39 is 21.5 Å². The van der Waals surface area contributed by atoms with E-state index in [9.17, 15) is 13.2 Å². The number of nitrogens with zero attached hydrogens (tertiary/aromatic N) is 3. The first-order chi connectivity index (χ1) is 13.7. The summed E-state index contributed by atoms with van der Waals surface area (Å²) in [6, 6.07) is 12.2. The van der Waals surface area contributed by atoms with Crippen molar-refractivity contribution in [3.63, 3.8) is 0 Å². The second kappa shape index (κ2) is 8.61. The van der Waals surface area contributed by atoms with Crippen molar-refractivity contribution in [3.05, 3.63) is 53.6 Å². The standard InChI is InChI=1S/C21H25N3O3S2/c1-15-12-16(2)20-18(13-15)28-21(22-20)24(11-10-23(3)4)19(25)14-29(26,27)17-8-6-5-7-9-17/h5-9,12-13H,10-11,14H2,1-4H3. The minimum Gasteiger partial charge on any atom is -0.308 e. The van der Waals surface area contributed by atoms with Gasteiger partial charge in [-0.2, -0.15) is 0 Å². The van der Waals surface area contributed by atoms with Crippen LogP contribution in [0.25, 0.3) is 10.2 Å². The predicted molar refractivity (Wildman–Crippen MR) is 118 cm³/mol. The molecule has 0 aliphatic rings. The minimum absolute atomic E-state index is 0.150. The van der Waals surface area contributed by atoms with Gasteiger partial charge < -0.3 is 4.90 Å². The third-order valence-corrected chi connectivity index (χ3v) is 7.18. The number of fused-ring (bicyclic) bond motifs is 1. The highest BCUT2D eigenvalue weighted by atomic mass is 32.2. The predicted octanol–water partition coefficient (Wildman–Crippen LogP) is 3.28. The zero-order chi connectivity index (χ0) is 21.2. The van der Waals surface area contributed by atoms with Crippen LogP contribution in [0.3, 0.4) is 0 Å². The Morgan fingerprint density at radius 3 is 2.41 bits per heavy atom. The van der Waals surface area contributed by atoms with Crippen molar-refractivity contribution >= 4 is 42.4 Å². The summed E-state index contributed by atoms with van der Waals surface area (Å²) in [5, 5.41) is 0.531. The van der Waals surface area contributed by atoms with Crippen molar-refractivity contribution in [2.75, 3.05) is 37.8 Å². The molecule has 6 nitrogen and oxygen atoms in total. The number of aryl methyl sites for hydroxylation is 2. The minimum atomic E-state index is -3.72. The Bertz CT molecular complexity index is 1120. The van der Waals surface area contributed by atoms with Crippen LogP contribution >= 0.6 is 11.3 Å². The van der Waals surface area contributed by atoms with Crippen LogP contribution in [-0.4, -0.2) is 57.1 Å². The average molecular weight is 432 g/mol. The summed E-state index contributed by atoms with van der Waals surface area (Å²) in [6.07, 6.45) is 0. The lowest BCUT2D eigenvalue weighted by molar-refractivity contribution is -0.116. The van der Waals surface area contributed by atoms with Gasteiger partial charge in [0.25, 0.3) is 0 Å². The van der Waals surface area contributed by atoms with E-state index in [1.807, 2.05) is 38.9 Å². The molecule has 3 rings (SSSR count). The van der Waals surface area contributed by atoms with Crippen molar-refractivity contribution in [2.45, 2.75) is 18.7 Å². The van der Waals surface area contributed by atoms with Crippen LogP contribution in [0, 0.1) is 13.8 Å². The van der Waals surface area contributed by atoms with Gasteiger partial charge in [-0.25, -0.2) is 13.4 Å². The first-order valence-corrected chi connectivity index (χ1v) is 11.7. The first kappa shape index (κ1) is 21.4. The van der Waals surface area contributed by atoms with Gasteiger partial charge in [0, 0.05) is 13.1 Å². The van der Waals surface area contributed by atoms with Gasteiger partial charge in [-0.3, -0.25) is 9.69 Å². The van der Waals surface area contributed by atoms with Crippen LogP contribution in [-0.2, 0) is 14.6 Å². The maximum Gasteiger partial charge on any atom is 0.244 e. The second-order valence-electron chi connectivity index (χ2n) is 7.35. The van der Waals surface area contributed by atoms with Crippen LogP contribution in [0.15, 0.2) is 47.4 Å². The van der Waals surface area contributed by atoms with E-state index in [0.717, 1.165) is 21.3 Å². The van der Waals surface area contributed by atoms with Crippen LogP contribution in [0.5, 0.6) is 0 Å². The maximum absolute atomic E-state index is 13.1. The molecular weight excluding hydrogens is 406 g/mol. The van der Waals surface area contributed by atoms with E-state index in [0.29, 0.717) is 18.2 Å². The van der Waals surface area contributed by atoms with Crippen molar-refractivity contribution in [3.8, 4) is 0 Å². The molecule has 2 aromatic carbocycles. The highest BCUT2D eigenvalue weighted by molar-refractivity contribution is 7.92. The number of amides is 1. The fraction of sp³-hybridized carbons (Fsp3) is 0.333. The van der Waals surface area contributed by atoms with Crippen molar-refractivity contribution in [1.29, 1.82) is 0 Å². The quantitative estimate of drug-likeness (QED) is 0.574. The summed E-state index contributed by atoms with van der Waals surface area (Å²) in [6.45, 7) is 4.98. The number of carbonyl (C=O) groups is 1. The summed E-state index contributed by atoms with van der Waals surface area (Å²) in [5.74, 6) is -1.05. The Kier molecular flexibility index (Phi) is 6.36. The molecule has 0 radical (unpaired) electrons. The Balaban J connectivity index is 1.95. The summed E-state index contributed by atoms with van der Waals surface area (Å²) in [7, 11) is 0.0999. The molecule has 154 valence electrons. The number of benzene rings is 2. The van der Waals surface area contributed by atoms with E-state index in [2.05, 4.69) is 11.1 Å². The van der Waals surface area contributed by atoms with E-state index in [4.69, 9.17) is 0 Å². The number of hydrogen-bond acceptors (Lipinski definition) is 6. The monoisotopic (exact) mass is 431 g/mol. The van der Waals surface area contributed by atoms with Gasteiger partial charge in [0.1, 0.15) is 5.75 Å². The molecule has 0 unspecified atom stereocenters. The van der Waals surface area contributed by atoms with Crippen molar-refractivity contribution in [1.82, 2.24) is 9.88 Å². The molecule has 0 aliphatic heterocycles. The van der Waals surface area contributed by atoms with E-state index in [1.54, 1.807) is 18.2 Å². The first-order valence-electron chi connectivity index (χ1n) is 9.28. The number of sulfone groups is 1. The summed E-state index contributed by atoms with van der Waals surface area (Å²) < 4.78 is 26.4. The molecule has 0 N–H and O–H groups in total. The van der Waals surface area contributed by atoms with Gasteiger partial charge in [0.05, 0.1) is 15.1 Å². The lowest BCUT2D eigenvalue weighted by Gasteiger charge is -2.22. The van der Waals surface area contributed by atoms with Gasteiger partial charge in [-0.1, -0.05) is 35.6 Å². The highest BCUT2D eigenvalue weighted by Crippen LogP contribution is 2.32. The topological polar surface area (TPSA) is 70.6 Å². The highest BCUT2D eigenvalue weighted by Gasteiger charge is 2.26. The summed E-state index contributed by atoms with van der Waals surface area (Å²) >= 11 is 1.42. The number of carbonyl (C=O) groups excluding carboxylic acids is 1. The van der Waals surface area contributed by atoms with Crippen molar-refractivity contribution < 1.29 is 13.2 Å². The van der Waals surface area contributed by atoms with Gasteiger partial charge in [-0.05, 0) is 57.3 Å². The number of aromatic nitrogens is 1. The zero-order valence-corrected chi connectivity index (χ0v) is 18.7. The van der Waals surface area contributed by atoms with Crippen LogP contribution < -0.4 is 4.90 Å². The van der Waals surface area contributed by atoms with Crippen LogP contribution in [0.4, 0.5) is 5.13 Å². The fourth-order valence-corrected chi connectivity index (χ4v) is 5.46. The number of rotatable bonds is 7. The molecule has 8 heteroatoms. The number of likely N-dealkylation sites (N-methyl/N-ethyl adjacent to an activating group) is 1. The number of anilines is 1. The third-order valence-electron chi connectivity index (χ3n) is 4.54. The van der Waals surface area contributed by atoms with Gasteiger partial charge in [0.2, 0.25) is 5.91 Å².